The fraction of sp³-hybridized carbons (Fsp3) is 0.333. The third-order valence-electron chi connectivity index (χ3n) is 5.26. The summed E-state index contributed by atoms with van der Waals surface area (Å²) in [4.78, 5) is 51.1. The zero-order chi connectivity index (χ0) is 22.5. The van der Waals surface area contributed by atoms with E-state index in [9.17, 15) is 19.2 Å². The van der Waals surface area contributed by atoms with E-state index < -0.39 is 23.9 Å². The molecule has 3 aliphatic heterocycles. The number of hydrogen-bond acceptors (Lipinski definition) is 8. The molecule has 3 aliphatic rings. The lowest BCUT2D eigenvalue weighted by atomic mass is 9.89. The van der Waals surface area contributed by atoms with Crippen LogP contribution >= 0.6 is 0 Å². The summed E-state index contributed by atoms with van der Waals surface area (Å²) in [5, 5.41) is 0. The number of ether oxygens (including phenoxy) is 4. The normalized spacial score (nSPS) is 17.6. The monoisotopic (exact) mass is 438 g/mol. The summed E-state index contributed by atoms with van der Waals surface area (Å²) in [7, 11) is 0. The van der Waals surface area contributed by atoms with Gasteiger partial charge < -0.3 is 18.9 Å². The number of carbonyl (C=O) groups excluding carboxylic acids is 4. The van der Waals surface area contributed by atoms with Crippen molar-refractivity contribution in [2.75, 3.05) is 26.4 Å². The van der Waals surface area contributed by atoms with Gasteiger partial charge in [0.2, 0.25) is 0 Å². The van der Waals surface area contributed by atoms with Crippen molar-refractivity contribution in [2.24, 2.45) is 0 Å². The fourth-order valence-electron chi connectivity index (χ4n) is 3.62. The molecule has 0 aliphatic carbocycles. The van der Waals surface area contributed by atoms with Gasteiger partial charge >= 0.3 is 23.9 Å². The van der Waals surface area contributed by atoms with Crippen molar-refractivity contribution < 1.29 is 38.1 Å². The van der Waals surface area contributed by atoms with Gasteiger partial charge in [0.15, 0.2) is 0 Å². The maximum atomic E-state index is 12.9. The molecule has 0 atom stereocenters. The molecule has 2 aromatic carbocycles. The predicted molar refractivity (Wildman–Crippen MR) is 111 cm³/mol. The summed E-state index contributed by atoms with van der Waals surface area (Å²) in [6.07, 6.45) is 2.18. The van der Waals surface area contributed by atoms with Gasteiger partial charge in [0, 0.05) is 5.56 Å². The lowest BCUT2D eigenvalue weighted by Gasteiger charge is -2.18. The minimum atomic E-state index is -0.634. The van der Waals surface area contributed by atoms with Crippen molar-refractivity contribution in [3.05, 3.63) is 58.7 Å². The highest BCUT2D eigenvalue weighted by Gasteiger charge is 2.28. The zero-order valence-electron chi connectivity index (χ0n) is 17.4. The van der Waals surface area contributed by atoms with Crippen LogP contribution in [0.1, 0.15) is 67.1 Å². The first-order valence-corrected chi connectivity index (χ1v) is 10.5. The lowest BCUT2D eigenvalue weighted by molar-refractivity contribution is 0.0427. The predicted octanol–water partition coefficient (Wildman–Crippen LogP) is 3.57. The third-order valence-corrected chi connectivity index (χ3v) is 5.26. The molecular formula is C24H22O8. The molecule has 0 saturated carbocycles. The minimum absolute atomic E-state index is 0.0908. The van der Waals surface area contributed by atoms with Crippen LogP contribution < -0.4 is 0 Å². The summed E-state index contributed by atoms with van der Waals surface area (Å²) in [6, 6.07) is 8.89. The molecular weight excluding hydrogens is 416 g/mol. The number of hydrogen-bond donors (Lipinski definition) is 0. The molecule has 0 saturated heterocycles. The molecule has 0 N–H and O–H groups in total. The molecule has 0 aromatic heterocycles. The second-order valence-electron chi connectivity index (χ2n) is 7.45. The Hall–Kier alpha value is -3.68. The molecule has 8 heteroatoms. The molecule has 32 heavy (non-hydrogen) atoms. The van der Waals surface area contributed by atoms with Gasteiger partial charge in [-0.3, -0.25) is 0 Å². The maximum Gasteiger partial charge on any atom is 0.338 e. The first-order valence-electron chi connectivity index (χ1n) is 10.5. The smallest absolute Gasteiger partial charge is 0.338 e. The number of rotatable bonds is 1. The van der Waals surface area contributed by atoms with Crippen LogP contribution in [0.25, 0.3) is 11.1 Å². The standard InChI is InChI=1S/C24H22O8/c25-21-15-8-9-16(22(26)30-11-2-1-10-29-21)19(14-15)20-17-6-5-7-18(20)24(28)32-13-4-3-12-31-23(17)27/h5-9,14H,1-4,10-13H2. The van der Waals surface area contributed by atoms with E-state index in [4.69, 9.17) is 18.9 Å². The molecule has 4 bridgehead atoms. The van der Waals surface area contributed by atoms with Crippen molar-refractivity contribution in [2.45, 2.75) is 25.7 Å². The molecule has 8 nitrogen and oxygen atoms in total. The van der Waals surface area contributed by atoms with E-state index in [2.05, 4.69) is 0 Å². The Morgan fingerprint density at radius 3 is 1.50 bits per heavy atom. The highest BCUT2D eigenvalue weighted by molar-refractivity contribution is 6.10. The second kappa shape index (κ2) is 9.64. The van der Waals surface area contributed by atoms with Crippen molar-refractivity contribution in [3.63, 3.8) is 0 Å². The third kappa shape index (κ3) is 4.49. The molecule has 0 fully saturated rings. The maximum absolute atomic E-state index is 12.9. The number of carbonyl (C=O) groups is 4. The van der Waals surface area contributed by atoms with Crippen LogP contribution in [0.2, 0.25) is 0 Å². The van der Waals surface area contributed by atoms with Crippen LogP contribution in [-0.4, -0.2) is 50.3 Å². The molecule has 2 aromatic rings. The van der Waals surface area contributed by atoms with Gasteiger partial charge in [0.05, 0.1) is 48.7 Å². The number of fused-ring (bicyclic) bond motifs is 12. The van der Waals surface area contributed by atoms with E-state index in [0.717, 1.165) is 0 Å². The quantitative estimate of drug-likeness (QED) is 0.492. The van der Waals surface area contributed by atoms with E-state index in [0.29, 0.717) is 25.7 Å². The van der Waals surface area contributed by atoms with Crippen molar-refractivity contribution >= 4 is 23.9 Å². The molecule has 0 spiro atoms. The average molecular weight is 438 g/mol. The molecule has 166 valence electrons. The van der Waals surface area contributed by atoms with Crippen LogP contribution in [0.15, 0.2) is 36.4 Å². The summed E-state index contributed by atoms with van der Waals surface area (Å²) in [5.74, 6) is -2.45. The SMILES string of the molecule is O=C1OCCCCOC(=O)c2ccc1cc2-c1c2cccc1C(=O)OCCCCOC2=O. The van der Waals surface area contributed by atoms with Gasteiger partial charge in [-0.2, -0.15) is 0 Å². The van der Waals surface area contributed by atoms with Gasteiger partial charge in [-0.15, -0.1) is 0 Å². The van der Waals surface area contributed by atoms with Crippen LogP contribution in [0.3, 0.4) is 0 Å². The fourth-order valence-corrected chi connectivity index (χ4v) is 3.62. The Labute approximate surface area is 184 Å². The summed E-state index contributed by atoms with van der Waals surface area (Å²) >= 11 is 0. The minimum Gasteiger partial charge on any atom is -0.462 e. The zero-order valence-corrected chi connectivity index (χ0v) is 17.4. The Morgan fingerprint density at radius 2 is 0.969 bits per heavy atom. The van der Waals surface area contributed by atoms with E-state index in [-0.39, 0.29) is 59.8 Å². The van der Waals surface area contributed by atoms with Crippen LogP contribution in [0.4, 0.5) is 0 Å². The van der Waals surface area contributed by atoms with Gasteiger partial charge in [0.25, 0.3) is 0 Å². The topological polar surface area (TPSA) is 105 Å². The highest BCUT2D eigenvalue weighted by atomic mass is 16.5. The van der Waals surface area contributed by atoms with Gasteiger partial charge in [-0.05, 0) is 61.6 Å². The van der Waals surface area contributed by atoms with Gasteiger partial charge in [-0.25, -0.2) is 19.2 Å². The van der Waals surface area contributed by atoms with Crippen LogP contribution in [0.5, 0.6) is 0 Å². The van der Waals surface area contributed by atoms with Crippen molar-refractivity contribution in [1.82, 2.24) is 0 Å². The Morgan fingerprint density at radius 1 is 0.500 bits per heavy atom. The average Bonchev–Trinajstić information content (AvgIpc) is 2.81. The molecule has 0 radical (unpaired) electrons. The van der Waals surface area contributed by atoms with E-state index >= 15 is 0 Å². The Kier molecular flexibility index (Phi) is 6.49. The van der Waals surface area contributed by atoms with Gasteiger partial charge in [-0.1, -0.05) is 6.07 Å². The summed E-state index contributed by atoms with van der Waals surface area (Å²) in [5.41, 5.74) is 0.836. The largest absolute Gasteiger partial charge is 0.462 e. The van der Waals surface area contributed by atoms with Crippen LogP contribution in [0, 0.1) is 0 Å². The summed E-state index contributed by atoms with van der Waals surface area (Å²) < 4.78 is 21.4. The van der Waals surface area contributed by atoms with Gasteiger partial charge in [0.1, 0.15) is 0 Å². The molecule has 5 rings (SSSR count). The first-order chi connectivity index (χ1) is 15.6. The summed E-state index contributed by atoms with van der Waals surface area (Å²) in [6.45, 7) is 0.673. The molecule has 0 unspecified atom stereocenters. The van der Waals surface area contributed by atoms with Crippen molar-refractivity contribution in [1.29, 1.82) is 0 Å². The molecule has 0 amide bonds. The number of benzene rings is 2. The molecule has 3 heterocycles. The van der Waals surface area contributed by atoms with Crippen LogP contribution in [-0.2, 0) is 18.9 Å². The number of cyclic esters (lactones) is 2. The Balaban J connectivity index is 1.96. The second-order valence-corrected chi connectivity index (χ2v) is 7.45. The lowest BCUT2D eigenvalue weighted by Crippen LogP contribution is -2.16. The Bertz CT molecular complexity index is 1030. The first kappa shape index (κ1) is 21.5. The number of esters is 4. The highest BCUT2D eigenvalue weighted by Crippen LogP contribution is 2.34. The van der Waals surface area contributed by atoms with E-state index in [1.54, 1.807) is 6.07 Å². The van der Waals surface area contributed by atoms with Crippen molar-refractivity contribution in [3.8, 4) is 11.1 Å². The van der Waals surface area contributed by atoms with E-state index in [1.807, 2.05) is 0 Å². The van der Waals surface area contributed by atoms with E-state index in [1.165, 1.54) is 30.3 Å².